The quantitative estimate of drug-likeness (QED) is 0.402. The Bertz CT molecular complexity index is 1010. The maximum atomic E-state index is 13.0. The van der Waals surface area contributed by atoms with Crippen molar-refractivity contribution in [3.8, 4) is 0 Å². The number of nitrogens with two attached hydrogens (primary N) is 2. The van der Waals surface area contributed by atoms with Crippen molar-refractivity contribution in [1.82, 2.24) is 10.3 Å². The molecule has 2 amide bonds. The minimum atomic E-state index is -0.719. The molecule has 0 aliphatic rings. The minimum absolute atomic E-state index is 0.299. The lowest BCUT2D eigenvalue weighted by atomic mass is 10.0. The lowest BCUT2D eigenvalue weighted by Gasteiger charge is -2.21. The second kappa shape index (κ2) is 11.2. The van der Waals surface area contributed by atoms with Gasteiger partial charge in [0.2, 0.25) is 11.8 Å². The molecule has 3 rings (SSSR count). The molecule has 2 atom stereocenters. The largest absolute Gasteiger partial charge is 0.343 e. The number of carbonyl (C=O) groups is 2. The van der Waals surface area contributed by atoms with Crippen molar-refractivity contribution in [2.75, 3.05) is 11.9 Å². The van der Waals surface area contributed by atoms with Crippen LogP contribution in [0.4, 0.5) is 5.69 Å². The first-order valence-electron chi connectivity index (χ1n) is 10.5. The fourth-order valence-electron chi connectivity index (χ4n) is 3.34. The molecule has 1 heterocycles. The van der Waals surface area contributed by atoms with Gasteiger partial charge in [0, 0.05) is 5.39 Å². The number of hydrogen-bond acceptors (Lipinski definition) is 5. The van der Waals surface area contributed by atoms with Crippen LogP contribution in [-0.2, 0) is 16.0 Å². The fraction of sp³-hybridized carbons (Fsp3) is 0.292. The first-order valence-corrected chi connectivity index (χ1v) is 10.5. The average Bonchev–Trinajstić information content (AvgIpc) is 2.80. The van der Waals surface area contributed by atoms with Crippen LogP contribution in [0.1, 0.15) is 24.8 Å². The smallest absolute Gasteiger partial charge is 0.247 e. The van der Waals surface area contributed by atoms with Crippen LogP contribution in [0.15, 0.2) is 66.9 Å². The van der Waals surface area contributed by atoms with Gasteiger partial charge >= 0.3 is 0 Å². The molecule has 0 radical (unpaired) electrons. The van der Waals surface area contributed by atoms with Crippen LogP contribution in [0.5, 0.6) is 0 Å². The van der Waals surface area contributed by atoms with Crippen LogP contribution in [0.25, 0.3) is 10.9 Å². The Balaban J connectivity index is 1.71. The molecule has 6 N–H and O–H groups in total. The van der Waals surface area contributed by atoms with E-state index in [1.807, 2.05) is 60.7 Å². The van der Waals surface area contributed by atoms with Crippen LogP contribution in [0, 0.1) is 0 Å². The van der Waals surface area contributed by atoms with Gasteiger partial charge in [0.25, 0.3) is 0 Å². The number of amides is 2. The van der Waals surface area contributed by atoms with Crippen LogP contribution < -0.4 is 22.1 Å². The number of nitrogens with zero attached hydrogens (tertiary/aromatic N) is 1. The van der Waals surface area contributed by atoms with E-state index in [2.05, 4.69) is 15.6 Å². The topological polar surface area (TPSA) is 123 Å². The number of fused-ring (bicyclic) bond motifs is 1. The number of rotatable bonds is 10. The van der Waals surface area contributed by atoms with E-state index in [9.17, 15) is 9.59 Å². The van der Waals surface area contributed by atoms with Gasteiger partial charge in [0.15, 0.2) is 0 Å². The summed E-state index contributed by atoms with van der Waals surface area (Å²) in [7, 11) is 0. The first-order chi connectivity index (χ1) is 15.1. The number of aromatic nitrogens is 1. The maximum Gasteiger partial charge on any atom is 0.247 e. The Hall–Kier alpha value is -3.29. The summed E-state index contributed by atoms with van der Waals surface area (Å²) >= 11 is 0. The predicted molar refractivity (Wildman–Crippen MR) is 123 cm³/mol. The number of benzene rings is 2. The summed E-state index contributed by atoms with van der Waals surface area (Å²) in [6, 6.07) is 18.0. The molecule has 31 heavy (non-hydrogen) atoms. The lowest BCUT2D eigenvalue weighted by molar-refractivity contribution is -0.127. The van der Waals surface area contributed by atoms with Crippen LogP contribution in [-0.4, -0.2) is 35.4 Å². The number of hydrogen-bond donors (Lipinski definition) is 4. The molecule has 0 saturated heterocycles. The standard InChI is InChI=1S/C24H29N5O2/c25-14-6-10-20(26)23(30)29-22(13-12-17-7-2-1-3-8-17)24(31)28-19-15-18-9-4-5-11-21(18)27-16-19/h1-5,7-9,11,15-16,20,22H,6,10,12-14,25-26H2,(H,28,31)(H,29,30)/t20-,22-/m1/s1. The highest BCUT2D eigenvalue weighted by Crippen LogP contribution is 2.17. The Morgan fingerprint density at radius 3 is 2.48 bits per heavy atom. The fourth-order valence-corrected chi connectivity index (χ4v) is 3.34. The number of anilines is 1. The zero-order valence-corrected chi connectivity index (χ0v) is 17.5. The molecular weight excluding hydrogens is 390 g/mol. The molecule has 0 unspecified atom stereocenters. The van der Waals surface area contributed by atoms with Gasteiger partial charge in [0.1, 0.15) is 6.04 Å². The molecule has 0 aliphatic carbocycles. The normalized spacial score (nSPS) is 12.8. The van der Waals surface area contributed by atoms with E-state index in [4.69, 9.17) is 11.5 Å². The van der Waals surface area contributed by atoms with Gasteiger partial charge in [-0.1, -0.05) is 48.5 Å². The Morgan fingerprint density at radius 1 is 0.968 bits per heavy atom. The minimum Gasteiger partial charge on any atom is -0.343 e. The Kier molecular flexibility index (Phi) is 8.09. The third-order valence-corrected chi connectivity index (χ3v) is 5.11. The predicted octanol–water partition coefficient (Wildman–Crippen LogP) is 2.36. The van der Waals surface area contributed by atoms with Crippen molar-refractivity contribution < 1.29 is 9.59 Å². The Labute approximate surface area is 182 Å². The summed E-state index contributed by atoms with van der Waals surface area (Å²) in [5.74, 6) is -0.648. The van der Waals surface area contributed by atoms with Crippen LogP contribution >= 0.6 is 0 Å². The van der Waals surface area contributed by atoms with E-state index in [1.54, 1.807) is 6.20 Å². The van der Waals surface area contributed by atoms with E-state index < -0.39 is 12.1 Å². The van der Waals surface area contributed by atoms with Gasteiger partial charge in [0.05, 0.1) is 23.4 Å². The molecule has 0 aliphatic heterocycles. The average molecular weight is 420 g/mol. The highest BCUT2D eigenvalue weighted by atomic mass is 16.2. The van der Waals surface area contributed by atoms with E-state index in [0.29, 0.717) is 37.9 Å². The SMILES string of the molecule is NCCC[C@@H](N)C(=O)N[C@H](CCc1ccccc1)C(=O)Nc1cnc2ccccc2c1. The van der Waals surface area contributed by atoms with Gasteiger partial charge in [-0.3, -0.25) is 14.6 Å². The molecule has 7 nitrogen and oxygen atoms in total. The second-order valence-electron chi connectivity index (χ2n) is 7.53. The summed E-state index contributed by atoms with van der Waals surface area (Å²) in [4.78, 5) is 29.9. The molecule has 2 aromatic carbocycles. The lowest BCUT2D eigenvalue weighted by Crippen LogP contribution is -2.50. The van der Waals surface area contributed by atoms with Crippen LogP contribution in [0.2, 0.25) is 0 Å². The maximum absolute atomic E-state index is 13.0. The van der Waals surface area contributed by atoms with E-state index in [0.717, 1.165) is 16.5 Å². The summed E-state index contributed by atoms with van der Waals surface area (Å²) in [5.41, 5.74) is 14.0. The molecule has 1 aromatic heterocycles. The van der Waals surface area contributed by atoms with E-state index in [-0.39, 0.29) is 11.8 Å². The summed E-state index contributed by atoms with van der Waals surface area (Å²) < 4.78 is 0. The summed E-state index contributed by atoms with van der Waals surface area (Å²) in [5, 5.41) is 6.62. The molecule has 0 spiro atoms. The number of pyridine rings is 1. The molecule has 0 fully saturated rings. The molecule has 0 bridgehead atoms. The zero-order valence-electron chi connectivity index (χ0n) is 17.5. The van der Waals surface area contributed by atoms with Gasteiger partial charge in [-0.25, -0.2) is 0 Å². The molecule has 0 saturated carbocycles. The number of aryl methyl sites for hydroxylation is 1. The van der Waals surface area contributed by atoms with Gasteiger partial charge in [-0.2, -0.15) is 0 Å². The van der Waals surface area contributed by atoms with Crippen molar-refractivity contribution >= 4 is 28.4 Å². The highest BCUT2D eigenvalue weighted by Gasteiger charge is 2.24. The monoisotopic (exact) mass is 419 g/mol. The molecule has 162 valence electrons. The van der Waals surface area contributed by atoms with Crippen molar-refractivity contribution in [1.29, 1.82) is 0 Å². The zero-order chi connectivity index (χ0) is 22.1. The number of carbonyl (C=O) groups excluding carboxylic acids is 2. The first kappa shape index (κ1) is 22.4. The van der Waals surface area contributed by atoms with Gasteiger partial charge in [-0.05, 0) is 49.9 Å². The Morgan fingerprint density at radius 2 is 1.71 bits per heavy atom. The summed E-state index contributed by atoms with van der Waals surface area (Å²) in [6.07, 6.45) is 3.84. The summed E-state index contributed by atoms with van der Waals surface area (Å²) in [6.45, 7) is 0.466. The second-order valence-corrected chi connectivity index (χ2v) is 7.53. The van der Waals surface area contributed by atoms with Crippen molar-refractivity contribution in [3.63, 3.8) is 0 Å². The van der Waals surface area contributed by atoms with Crippen molar-refractivity contribution in [2.45, 2.75) is 37.8 Å². The third kappa shape index (κ3) is 6.60. The molecule has 3 aromatic rings. The third-order valence-electron chi connectivity index (χ3n) is 5.11. The van der Waals surface area contributed by atoms with E-state index >= 15 is 0 Å². The van der Waals surface area contributed by atoms with E-state index in [1.165, 1.54) is 0 Å². The highest BCUT2D eigenvalue weighted by molar-refractivity contribution is 5.98. The van der Waals surface area contributed by atoms with Crippen LogP contribution in [0.3, 0.4) is 0 Å². The number of para-hydroxylation sites is 1. The van der Waals surface area contributed by atoms with Crippen molar-refractivity contribution in [3.05, 3.63) is 72.4 Å². The van der Waals surface area contributed by atoms with Crippen molar-refractivity contribution in [2.24, 2.45) is 11.5 Å². The van der Waals surface area contributed by atoms with Gasteiger partial charge < -0.3 is 22.1 Å². The molecule has 7 heteroatoms. The number of nitrogens with one attached hydrogen (secondary N) is 2. The molecular formula is C24H29N5O2. The van der Waals surface area contributed by atoms with Gasteiger partial charge in [-0.15, -0.1) is 0 Å².